The molecular formula is C24H18Cl2N2O6. The molecule has 0 unspecified atom stereocenters. The van der Waals surface area contributed by atoms with Gasteiger partial charge in [-0.2, -0.15) is 0 Å². The molecule has 2 aromatic carbocycles. The van der Waals surface area contributed by atoms with Crippen molar-refractivity contribution in [3.8, 4) is 5.75 Å². The van der Waals surface area contributed by atoms with Gasteiger partial charge >= 0.3 is 12.0 Å². The summed E-state index contributed by atoms with van der Waals surface area (Å²) in [6.07, 6.45) is 1.46. The third kappa shape index (κ3) is 5.08. The van der Waals surface area contributed by atoms with Gasteiger partial charge in [-0.1, -0.05) is 53.5 Å². The van der Waals surface area contributed by atoms with E-state index in [1.54, 1.807) is 12.1 Å². The van der Waals surface area contributed by atoms with E-state index in [1.165, 1.54) is 25.3 Å². The summed E-state index contributed by atoms with van der Waals surface area (Å²) >= 11 is 12.7. The van der Waals surface area contributed by atoms with Crippen molar-refractivity contribution in [2.75, 3.05) is 7.11 Å². The molecule has 0 saturated carbocycles. The average molecular weight is 501 g/mol. The number of benzene rings is 2. The molecule has 1 aliphatic rings. The molecule has 1 fully saturated rings. The molecule has 0 bridgehead atoms. The molecule has 0 aliphatic carbocycles. The molecule has 1 aromatic heterocycles. The smallest absolute Gasteiger partial charge is 0.373 e. The average Bonchev–Trinajstić information content (AvgIpc) is 3.39. The zero-order valence-electron chi connectivity index (χ0n) is 17.8. The number of esters is 1. The van der Waals surface area contributed by atoms with Crippen LogP contribution in [-0.4, -0.2) is 29.9 Å². The molecule has 3 aromatic rings. The topological polar surface area (TPSA) is 98.1 Å². The van der Waals surface area contributed by atoms with Gasteiger partial charge in [-0.15, -0.1) is 0 Å². The van der Waals surface area contributed by atoms with E-state index >= 15 is 0 Å². The highest BCUT2D eigenvalue weighted by molar-refractivity contribution is 6.37. The Labute approximate surface area is 204 Å². The van der Waals surface area contributed by atoms with Crippen molar-refractivity contribution in [1.82, 2.24) is 10.2 Å². The van der Waals surface area contributed by atoms with Crippen molar-refractivity contribution in [2.45, 2.75) is 13.2 Å². The minimum atomic E-state index is -0.658. The molecule has 174 valence electrons. The highest BCUT2D eigenvalue weighted by Gasteiger charge is 2.34. The lowest BCUT2D eigenvalue weighted by atomic mass is 10.1. The second kappa shape index (κ2) is 10.0. The summed E-state index contributed by atoms with van der Waals surface area (Å²) in [5.74, 6) is -0.695. The molecule has 1 N–H and O–H groups in total. The molecule has 10 heteroatoms. The summed E-state index contributed by atoms with van der Waals surface area (Å²) in [5, 5.41) is 3.03. The second-order valence-electron chi connectivity index (χ2n) is 7.22. The third-order valence-electron chi connectivity index (χ3n) is 4.88. The Morgan fingerprint density at radius 3 is 2.47 bits per heavy atom. The van der Waals surface area contributed by atoms with Crippen LogP contribution in [0.1, 0.15) is 27.4 Å². The predicted octanol–water partition coefficient (Wildman–Crippen LogP) is 5.04. The summed E-state index contributed by atoms with van der Waals surface area (Å²) in [6.45, 7) is 0.126. The maximum absolute atomic E-state index is 12.8. The van der Waals surface area contributed by atoms with Crippen molar-refractivity contribution in [3.63, 3.8) is 0 Å². The fourth-order valence-corrected chi connectivity index (χ4v) is 3.85. The first-order valence-electron chi connectivity index (χ1n) is 10.0. The summed E-state index contributed by atoms with van der Waals surface area (Å²) in [5.41, 5.74) is 1.49. The van der Waals surface area contributed by atoms with Crippen LogP contribution in [0.15, 0.2) is 64.7 Å². The highest BCUT2D eigenvalue weighted by atomic mass is 35.5. The number of amides is 3. The predicted molar refractivity (Wildman–Crippen MR) is 124 cm³/mol. The number of nitrogens with one attached hydrogen (secondary N) is 1. The number of rotatable bonds is 7. The van der Waals surface area contributed by atoms with E-state index < -0.39 is 17.9 Å². The number of furan rings is 1. The number of urea groups is 1. The van der Waals surface area contributed by atoms with Gasteiger partial charge in [-0.25, -0.2) is 9.59 Å². The van der Waals surface area contributed by atoms with Crippen molar-refractivity contribution < 1.29 is 28.3 Å². The quantitative estimate of drug-likeness (QED) is 0.277. The standard InChI is InChI=1S/C24H18Cl2N2O6/c1-32-23(30)20-8-7-16(34-20)12-28-22(29)19(27-24(28)31)11-15-9-17(25)21(18(26)10-15)33-13-14-5-3-2-4-6-14/h2-11H,12-13H2,1H3,(H,27,31)/b19-11-. The molecule has 3 amide bonds. The van der Waals surface area contributed by atoms with Crippen LogP contribution >= 0.6 is 23.2 Å². The van der Waals surface area contributed by atoms with E-state index in [1.807, 2.05) is 30.3 Å². The molecule has 1 aliphatic heterocycles. The van der Waals surface area contributed by atoms with Gasteiger partial charge in [-0.05, 0) is 41.5 Å². The Kier molecular flexibility index (Phi) is 6.90. The Hall–Kier alpha value is -3.75. The summed E-state index contributed by atoms with van der Waals surface area (Å²) in [4.78, 5) is 37.6. The number of halogens is 2. The molecule has 0 spiro atoms. The van der Waals surface area contributed by atoms with Crippen molar-refractivity contribution in [3.05, 3.63) is 93.0 Å². The Morgan fingerprint density at radius 1 is 1.09 bits per heavy atom. The maximum atomic E-state index is 12.8. The molecule has 4 rings (SSSR count). The van der Waals surface area contributed by atoms with Crippen LogP contribution in [0, 0.1) is 0 Å². The first kappa shape index (κ1) is 23.4. The molecule has 0 atom stereocenters. The van der Waals surface area contributed by atoms with E-state index in [4.69, 9.17) is 32.4 Å². The Balaban J connectivity index is 1.48. The molecular weight excluding hydrogens is 483 g/mol. The fraction of sp³-hybridized carbons (Fsp3) is 0.125. The number of imide groups is 1. The number of carbonyl (C=O) groups is 3. The Bertz CT molecular complexity index is 1260. The third-order valence-corrected chi connectivity index (χ3v) is 5.44. The van der Waals surface area contributed by atoms with Gasteiger partial charge in [-0.3, -0.25) is 9.69 Å². The van der Waals surface area contributed by atoms with Crippen molar-refractivity contribution in [1.29, 1.82) is 0 Å². The van der Waals surface area contributed by atoms with Gasteiger partial charge in [0.15, 0.2) is 5.75 Å². The SMILES string of the molecule is COC(=O)c1ccc(CN2C(=O)N/C(=C\c3cc(Cl)c(OCc4ccccc4)c(Cl)c3)C2=O)o1. The van der Waals surface area contributed by atoms with Crippen LogP contribution in [0.3, 0.4) is 0 Å². The van der Waals surface area contributed by atoms with E-state index in [-0.39, 0.29) is 40.4 Å². The van der Waals surface area contributed by atoms with E-state index in [2.05, 4.69) is 10.1 Å². The number of hydrogen-bond donors (Lipinski definition) is 1. The monoisotopic (exact) mass is 500 g/mol. The zero-order chi connectivity index (χ0) is 24.2. The fourth-order valence-electron chi connectivity index (χ4n) is 3.24. The van der Waals surface area contributed by atoms with Crippen molar-refractivity contribution >= 4 is 47.2 Å². The summed E-state index contributed by atoms with van der Waals surface area (Å²) < 4.78 is 15.7. The lowest BCUT2D eigenvalue weighted by Crippen LogP contribution is -2.30. The van der Waals surface area contributed by atoms with Gasteiger partial charge in [0.05, 0.1) is 23.7 Å². The van der Waals surface area contributed by atoms with Gasteiger partial charge in [0.25, 0.3) is 5.91 Å². The van der Waals surface area contributed by atoms with Crippen molar-refractivity contribution in [2.24, 2.45) is 0 Å². The summed E-state index contributed by atoms with van der Waals surface area (Å²) in [6, 6.07) is 15.0. The van der Waals surface area contributed by atoms with Crippen LogP contribution in [0.2, 0.25) is 10.0 Å². The first-order chi connectivity index (χ1) is 16.4. The van der Waals surface area contributed by atoms with Crippen LogP contribution < -0.4 is 10.1 Å². The van der Waals surface area contributed by atoms with E-state index in [0.29, 0.717) is 11.3 Å². The number of methoxy groups -OCH3 is 1. The molecule has 0 radical (unpaired) electrons. The van der Waals surface area contributed by atoms with Crippen LogP contribution in [0.25, 0.3) is 6.08 Å². The minimum Gasteiger partial charge on any atom is -0.486 e. The van der Waals surface area contributed by atoms with Crippen LogP contribution in [0.4, 0.5) is 4.79 Å². The largest absolute Gasteiger partial charge is 0.486 e. The molecule has 1 saturated heterocycles. The van der Waals surface area contributed by atoms with E-state index in [9.17, 15) is 14.4 Å². The van der Waals surface area contributed by atoms with Gasteiger partial charge in [0.2, 0.25) is 5.76 Å². The highest BCUT2D eigenvalue weighted by Crippen LogP contribution is 2.35. The van der Waals surface area contributed by atoms with Crippen LogP contribution in [-0.2, 0) is 22.7 Å². The van der Waals surface area contributed by atoms with Gasteiger partial charge < -0.3 is 19.2 Å². The number of carbonyl (C=O) groups excluding carboxylic acids is 3. The summed E-state index contributed by atoms with van der Waals surface area (Å²) in [7, 11) is 1.22. The second-order valence-corrected chi connectivity index (χ2v) is 8.04. The number of ether oxygens (including phenoxy) is 2. The first-order valence-corrected chi connectivity index (χ1v) is 10.8. The molecule has 34 heavy (non-hydrogen) atoms. The lowest BCUT2D eigenvalue weighted by Gasteiger charge is -2.11. The van der Waals surface area contributed by atoms with E-state index in [0.717, 1.165) is 10.5 Å². The zero-order valence-corrected chi connectivity index (χ0v) is 19.4. The number of nitrogens with zero attached hydrogens (tertiary/aromatic N) is 1. The maximum Gasteiger partial charge on any atom is 0.373 e. The number of hydrogen-bond acceptors (Lipinski definition) is 6. The van der Waals surface area contributed by atoms with Crippen LogP contribution in [0.5, 0.6) is 5.75 Å². The minimum absolute atomic E-state index is 0.0285. The van der Waals surface area contributed by atoms with Gasteiger partial charge in [0.1, 0.15) is 18.1 Å². The normalized spacial score (nSPS) is 14.4. The van der Waals surface area contributed by atoms with Gasteiger partial charge in [0, 0.05) is 0 Å². The molecule has 2 heterocycles. The Morgan fingerprint density at radius 2 is 1.79 bits per heavy atom. The molecule has 8 nitrogen and oxygen atoms in total. The lowest BCUT2D eigenvalue weighted by molar-refractivity contribution is -0.123.